The molecule has 172 valence electrons. The molecular weight excluding hydrogens is 406 g/mol. The fraction of sp³-hybridized carbons (Fsp3) is 0.520. The molecular formula is C25H33N3O4. The summed E-state index contributed by atoms with van der Waals surface area (Å²) in [5, 5.41) is 3.15. The number of morpholine rings is 1. The number of furan rings is 1. The molecule has 0 radical (unpaired) electrons. The summed E-state index contributed by atoms with van der Waals surface area (Å²) in [6.07, 6.45) is 4.13. The molecule has 1 aromatic heterocycles. The second kappa shape index (κ2) is 10.3. The summed E-state index contributed by atoms with van der Waals surface area (Å²) < 4.78 is 10.8. The van der Waals surface area contributed by atoms with Crippen molar-refractivity contribution in [2.45, 2.75) is 32.2 Å². The highest BCUT2D eigenvalue weighted by molar-refractivity contribution is 6.01. The van der Waals surface area contributed by atoms with Crippen molar-refractivity contribution in [1.29, 1.82) is 0 Å². The van der Waals surface area contributed by atoms with Crippen LogP contribution in [0.1, 0.15) is 53.7 Å². The molecule has 2 amide bonds. The molecule has 2 aliphatic rings. The summed E-state index contributed by atoms with van der Waals surface area (Å²) in [4.78, 5) is 31.2. The first-order valence-electron chi connectivity index (χ1n) is 11.6. The van der Waals surface area contributed by atoms with Crippen LogP contribution in [0.25, 0.3) is 0 Å². The quantitative estimate of drug-likeness (QED) is 0.640. The van der Waals surface area contributed by atoms with Crippen molar-refractivity contribution >= 4 is 11.8 Å². The van der Waals surface area contributed by atoms with E-state index in [1.807, 2.05) is 35.2 Å². The first kappa shape index (κ1) is 22.6. The van der Waals surface area contributed by atoms with Crippen molar-refractivity contribution < 1.29 is 18.7 Å². The molecule has 0 spiro atoms. The van der Waals surface area contributed by atoms with Gasteiger partial charge in [-0.15, -0.1) is 0 Å². The number of amides is 2. The van der Waals surface area contributed by atoms with Gasteiger partial charge in [-0.3, -0.25) is 14.5 Å². The van der Waals surface area contributed by atoms with Crippen LogP contribution in [-0.4, -0.2) is 67.6 Å². The van der Waals surface area contributed by atoms with Gasteiger partial charge in [-0.1, -0.05) is 32.0 Å². The van der Waals surface area contributed by atoms with Crippen LogP contribution < -0.4 is 5.32 Å². The molecule has 32 heavy (non-hydrogen) atoms. The summed E-state index contributed by atoms with van der Waals surface area (Å²) in [6, 6.07) is 8.96. The number of ether oxygens (including phenoxy) is 1. The highest BCUT2D eigenvalue weighted by Gasteiger charge is 2.44. The summed E-state index contributed by atoms with van der Waals surface area (Å²) >= 11 is 0. The Morgan fingerprint density at radius 2 is 1.97 bits per heavy atom. The van der Waals surface area contributed by atoms with E-state index in [1.165, 1.54) is 0 Å². The molecule has 1 saturated heterocycles. The minimum Gasteiger partial charge on any atom is -0.472 e. The maximum atomic E-state index is 13.5. The van der Waals surface area contributed by atoms with Crippen molar-refractivity contribution in [2.24, 2.45) is 5.92 Å². The third-order valence-electron chi connectivity index (χ3n) is 6.22. The minimum atomic E-state index is -0.483. The SMILES string of the molecule is CC(C)CN1C(=O)c2ccccc2[C@H](C(=O)NCCCN2CCOCC2)[C@@H]1c1ccoc1. The van der Waals surface area contributed by atoms with E-state index in [2.05, 4.69) is 24.1 Å². The number of rotatable bonds is 8. The Labute approximate surface area is 189 Å². The van der Waals surface area contributed by atoms with Crippen molar-refractivity contribution in [3.8, 4) is 0 Å². The third-order valence-corrected chi connectivity index (χ3v) is 6.22. The average molecular weight is 440 g/mol. The molecule has 3 heterocycles. The van der Waals surface area contributed by atoms with Crippen LogP contribution in [0, 0.1) is 5.92 Å². The first-order chi connectivity index (χ1) is 15.6. The fourth-order valence-electron chi connectivity index (χ4n) is 4.73. The standard InChI is InChI=1S/C25H33N3O4/c1-18(2)16-28-23(19-8-13-32-17-19)22(20-6-3-4-7-21(20)25(28)30)24(29)26-9-5-10-27-11-14-31-15-12-27/h3-4,6-8,13,17-18,22-23H,5,9-12,14-16H2,1-2H3,(H,26,29)/t22-,23-/m0/s1. The minimum absolute atomic E-state index is 0.0307. The van der Waals surface area contributed by atoms with E-state index in [0.29, 0.717) is 18.7 Å². The summed E-state index contributed by atoms with van der Waals surface area (Å²) in [5.74, 6) is -0.289. The van der Waals surface area contributed by atoms with Crippen LogP contribution in [-0.2, 0) is 9.53 Å². The van der Waals surface area contributed by atoms with Crippen molar-refractivity contribution in [2.75, 3.05) is 45.9 Å². The third kappa shape index (κ3) is 4.89. The van der Waals surface area contributed by atoms with Gasteiger partial charge in [0.1, 0.15) is 0 Å². The summed E-state index contributed by atoms with van der Waals surface area (Å²) in [6.45, 7) is 9.72. The van der Waals surface area contributed by atoms with Crippen LogP contribution in [0.15, 0.2) is 47.3 Å². The number of nitrogens with zero attached hydrogens (tertiary/aromatic N) is 2. The fourth-order valence-corrected chi connectivity index (χ4v) is 4.73. The molecule has 1 aromatic carbocycles. The molecule has 2 aliphatic heterocycles. The van der Waals surface area contributed by atoms with Gasteiger partial charge in [0.05, 0.1) is 37.7 Å². The van der Waals surface area contributed by atoms with Gasteiger partial charge in [0, 0.05) is 37.3 Å². The number of hydrogen-bond acceptors (Lipinski definition) is 5. The molecule has 2 aromatic rings. The lowest BCUT2D eigenvalue weighted by atomic mass is 9.79. The zero-order valence-corrected chi connectivity index (χ0v) is 19.0. The highest BCUT2D eigenvalue weighted by Crippen LogP contribution is 2.43. The summed E-state index contributed by atoms with van der Waals surface area (Å²) in [7, 11) is 0. The van der Waals surface area contributed by atoms with E-state index in [4.69, 9.17) is 9.15 Å². The molecule has 0 aliphatic carbocycles. The second-order valence-electron chi connectivity index (χ2n) is 9.02. The van der Waals surface area contributed by atoms with Crippen LogP contribution in [0.3, 0.4) is 0 Å². The molecule has 1 fully saturated rings. The van der Waals surface area contributed by atoms with Crippen LogP contribution in [0.4, 0.5) is 0 Å². The maximum absolute atomic E-state index is 13.5. The van der Waals surface area contributed by atoms with Gasteiger partial charge < -0.3 is 19.4 Å². The second-order valence-corrected chi connectivity index (χ2v) is 9.02. The van der Waals surface area contributed by atoms with Crippen LogP contribution in [0.2, 0.25) is 0 Å². The molecule has 1 N–H and O–H groups in total. The molecule has 0 unspecified atom stereocenters. The van der Waals surface area contributed by atoms with Crippen molar-refractivity contribution in [1.82, 2.24) is 15.1 Å². The Hall–Kier alpha value is -2.64. The van der Waals surface area contributed by atoms with Crippen LogP contribution >= 0.6 is 0 Å². The van der Waals surface area contributed by atoms with E-state index >= 15 is 0 Å². The zero-order chi connectivity index (χ0) is 22.5. The molecule has 0 saturated carbocycles. The number of carbonyl (C=O) groups excluding carboxylic acids is 2. The van der Waals surface area contributed by atoms with E-state index in [-0.39, 0.29) is 17.7 Å². The molecule has 2 atom stereocenters. The number of nitrogens with one attached hydrogen (secondary N) is 1. The van der Waals surface area contributed by atoms with Crippen molar-refractivity contribution in [3.05, 3.63) is 59.5 Å². The number of hydrogen-bond donors (Lipinski definition) is 1. The molecule has 4 rings (SSSR count). The maximum Gasteiger partial charge on any atom is 0.254 e. The average Bonchev–Trinajstić information content (AvgIpc) is 3.33. The van der Waals surface area contributed by atoms with Gasteiger partial charge in [0.2, 0.25) is 5.91 Å². The predicted octanol–water partition coefficient (Wildman–Crippen LogP) is 3.05. The Kier molecular flexibility index (Phi) is 7.27. The lowest BCUT2D eigenvalue weighted by Gasteiger charge is -2.42. The van der Waals surface area contributed by atoms with Gasteiger partial charge >= 0.3 is 0 Å². The Bertz CT molecular complexity index is 906. The van der Waals surface area contributed by atoms with Gasteiger partial charge in [0.25, 0.3) is 5.91 Å². The lowest BCUT2D eigenvalue weighted by molar-refractivity contribution is -0.124. The first-order valence-corrected chi connectivity index (χ1v) is 11.6. The number of fused-ring (bicyclic) bond motifs is 1. The van der Waals surface area contributed by atoms with Gasteiger partial charge in [-0.25, -0.2) is 0 Å². The van der Waals surface area contributed by atoms with Gasteiger partial charge in [-0.2, -0.15) is 0 Å². The largest absolute Gasteiger partial charge is 0.472 e. The normalized spacial score (nSPS) is 21.6. The Morgan fingerprint density at radius 1 is 1.19 bits per heavy atom. The van der Waals surface area contributed by atoms with Gasteiger partial charge in [-0.05, 0) is 36.6 Å². The highest BCUT2D eigenvalue weighted by atomic mass is 16.5. The topological polar surface area (TPSA) is 75.0 Å². The zero-order valence-electron chi connectivity index (χ0n) is 19.0. The van der Waals surface area contributed by atoms with E-state index < -0.39 is 12.0 Å². The molecule has 0 bridgehead atoms. The van der Waals surface area contributed by atoms with E-state index in [9.17, 15) is 9.59 Å². The van der Waals surface area contributed by atoms with Crippen molar-refractivity contribution in [3.63, 3.8) is 0 Å². The van der Waals surface area contributed by atoms with E-state index in [1.54, 1.807) is 12.5 Å². The molecule has 7 heteroatoms. The molecule has 7 nitrogen and oxygen atoms in total. The predicted molar refractivity (Wildman–Crippen MR) is 121 cm³/mol. The summed E-state index contributed by atoms with van der Waals surface area (Å²) in [5.41, 5.74) is 2.25. The lowest BCUT2D eigenvalue weighted by Crippen LogP contribution is -2.48. The monoisotopic (exact) mass is 439 g/mol. The van der Waals surface area contributed by atoms with Crippen LogP contribution in [0.5, 0.6) is 0 Å². The number of carbonyl (C=O) groups is 2. The smallest absolute Gasteiger partial charge is 0.254 e. The van der Waals surface area contributed by atoms with Gasteiger partial charge in [0.15, 0.2) is 0 Å². The number of benzene rings is 1. The van der Waals surface area contributed by atoms with E-state index in [0.717, 1.165) is 50.4 Å². The Morgan fingerprint density at radius 3 is 2.69 bits per heavy atom. The Balaban J connectivity index is 1.55.